The molecule has 5 nitrogen and oxygen atoms in total. The van der Waals surface area contributed by atoms with Crippen molar-refractivity contribution >= 4 is 23.2 Å². The Morgan fingerprint density at radius 1 is 1.00 bits per heavy atom. The molecule has 0 bridgehead atoms. The van der Waals surface area contributed by atoms with Gasteiger partial charge in [-0.2, -0.15) is 0 Å². The number of amides is 1. The van der Waals surface area contributed by atoms with Gasteiger partial charge in [0.15, 0.2) is 0 Å². The number of nitrogens with zero attached hydrogens (tertiary/aromatic N) is 2. The number of aryl methyl sites for hydroxylation is 2. The van der Waals surface area contributed by atoms with Gasteiger partial charge < -0.3 is 10.6 Å². The third-order valence-electron chi connectivity index (χ3n) is 3.70. The van der Waals surface area contributed by atoms with Crippen LogP contribution in [0.4, 0.5) is 26.1 Å². The number of benzene rings is 2. The van der Waals surface area contributed by atoms with Gasteiger partial charge in [0.25, 0.3) is 5.91 Å². The minimum absolute atomic E-state index is 0.0518. The quantitative estimate of drug-likeness (QED) is 0.730. The van der Waals surface area contributed by atoms with Gasteiger partial charge in [-0.3, -0.25) is 4.79 Å². The molecule has 3 aromatic rings. The fourth-order valence-corrected chi connectivity index (χ4v) is 2.40. The first-order valence-electron chi connectivity index (χ1n) is 7.86. The van der Waals surface area contributed by atoms with E-state index in [0.29, 0.717) is 6.07 Å². The molecule has 0 fully saturated rings. The van der Waals surface area contributed by atoms with Crippen molar-refractivity contribution in [3.8, 4) is 0 Å². The van der Waals surface area contributed by atoms with Gasteiger partial charge in [0.05, 0.1) is 5.69 Å². The van der Waals surface area contributed by atoms with Crippen molar-refractivity contribution in [1.82, 2.24) is 9.97 Å². The summed E-state index contributed by atoms with van der Waals surface area (Å²) in [7, 11) is 0. The molecule has 1 heterocycles. The van der Waals surface area contributed by atoms with Crippen LogP contribution in [0.15, 0.2) is 48.7 Å². The Hall–Kier alpha value is -3.35. The Bertz CT molecular complexity index is 976. The second-order valence-electron chi connectivity index (χ2n) is 5.79. The molecular formula is C19H16F2N4O. The first-order valence-corrected chi connectivity index (χ1v) is 7.86. The maximum Gasteiger partial charge on any atom is 0.274 e. The van der Waals surface area contributed by atoms with Crippen LogP contribution >= 0.6 is 0 Å². The summed E-state index contributed by atoms with van der Waals surface area (Å²) in [6, 6.07) is 10.2. The number of halogens is 2. The van der Waals surface area contributed by atoms with Crippen LogP contribution in [0.1, 0.15) is 21.6 Å². The van der Waals surface area contributed by atoms with E-state index in [1.54, 1.807) is 0 Å². The molecule has 2 aromatic carbocycles. The highest BCUT2D eigenvalue weighted by Gasteiger charge is 2.13. The van der Waals surface area contributed by atoms with Gasteiger partial charge in [0.1, 0.15) is 17.3 Å². The van der Waals surface area contributed by atoms with Gasteiger partial charge in [-0.05, 0) is 43.7 Å². The largest absolute Gasteiger partial charge is 0.324 e. The number of hydrogen-bond acceptors (Lipinski definition) is 4. The molecule has 0 aliphatic carbocycles. The Kier molecular flexibility index (Phi) is 4.88. The molecule has 0 saturated carbocycles. The van der Waals surface area contributed by atoms with Crippen LogP contribution in [0.3, 0.4) is 0 Å². The summed E-state index contributed by atoms with van der Waals surface area (Å²) in [5.41, 5.74) is 2.88. The van der Waals surface area contributed by atoms with E-state index in [-0.39, 0.29) is 17.3 Å². The Morgan fingerprint density at radius 2 is 1.77 bits per heavy atom. The van der Waals surface area contributed by atoms with Crippen LogP contribution < -0.4 is 10.6 Å². The van der Waals surface area contributed by atoms with E-state index in [1.807, 2.05) is 32.0 Å². The Labute approximate surface area is 149 Å². The predicted molar refractivity (Wildman–Crippen MR) is 95.5 cm³/mol. The molecule has 0 aliphatic rings. The number of carbonyl (C=O) groups excluding carboxylic acids is 1. The maximum atomic E-state index is 13.7. The van der Waals surface area contributed by atoms with Crippen molar-refractivity contribution < 1.29 is 13.6 Å². The predicted octanol–water partition coefficient (Wildman–Crippen LogP) is 4.37. The van der Waals surface area contributed by atoms with Gasteiger partial charge in [-0.15, -0.1) is 0 Å². The van der Waals surface area contributed by atoms with E-state index in [1.165, 1.54) is 12.3 Å². The molecule has 0 radical (unpaired) electrons. The minimum atomic E-state index is -0.860. The van der Waals surface area contributed by atoms with Crippen LogP contribution in [0, 0.1) is 25.5 Å². The van der Waals surface area contributed by atoms with Crippen molar-refractivity contribution in [1.29, 1.82) is 0 Å². The van der Waals surface area contributed by atoms with E-state index in [0.717, 1.165) is 28.9 Å². The Balaban J connectivity index is 1.79. The number of anilines is 3. The number of hydrogen-bond donors (Lipinski definition) is 2. The zero-order valence-electron chi connectivity index (χ0n) is 14.2. The van der Waals surface area contributed by atoms with Gasteiger partial charge in [0, 0.05) is 18.0 Å². The maximum absolute atomic E-state index is 13.7. The molecule has 0 unspecified atom stereocenters. The molecule has 132 valence electrons. The smallest absolute Gasteiger partial charge is 0.274 e. The molecule has 26 heavy (non-hydrogen) atoms. The van der Waals surface area contributed by atoms with Crippen molar-refractivity contribution in [3.63, 3.8) is 0 Å². The van der Waals surface area contributed by atoms with Crippen LogP contribution in [0.25, 0.3) is 0 Å². The van der Waals surface area contributed by atoms with Gasteiger partial charge >= 0.3 is 0 Å². The molecule has 0 saturated heterocycles. The Morgan fingerprint density at radius 3 is 2.50 bits per heavy atom. The summed E-state index contributed by atoms with van der Waals surface area (Å²) in [4.78, 5) is 20.5. The molecule has 3 rings (SSSR count). The molecule has 1 amide bonds. The van der Waals surface area contributed by atoms with Gasteiger partial charge in [-0.25, -0.2) is 18.7 Å². The van der Waals surface area contributed by atoms with Gasteiger partial charge in [-0.1, -0.05) is 17.7 Å². The molecule has 1 aromatic heterocycles. The highest BCUT2D eigenvalue weighted by Crippen LogP contribution is 2.20. The van der Waals surface area contributed by atoms with Crippen LogP contribution in [0.2, 0.25) is 0 Å². The van der Waals surface area contributed by atoms with E-state index < -0.39 is 17.5 Å². The van der Waals surface area contributed by atoms with Crippen LogP contribution in [-0.2, 0) is 0 Å². The van der Waals surface area contributed by atoms with Crippen LogP contribution in [-0.4, -0.2) is 15.9 Å². The third-order valence-corrected chi connectivity index (χ3v) is 3.70. The van der Waals surface area contributed by atoms with Crippen LogP contribution in [0.5, 0.6) is 0 Å². The summed E-state index contributed by atoms with van der Waals surface area (Å²) in [6.07, 6.45) is 1.43. The number of nitrogens with one attached hydrogen (secondary N) is 2. The van der Waals surface area contributed by atoms with E-state index in [9.17, 15) is 13.6 Å². The highest BCUT2D eigenvalue weighted by atomic mass is 19.1. The summed E-state index contributed by atoms with van der Waals surface area (Å²) < 4.78 is 26.6. The molecule has 0 atom stereocenters. The van der Waals surface area contributed by atoms with Crippen molar-refractivity contribution in [3.05, 3.63) is 77.1 Å². The summed E-state index contributed by atoms with van der Waals surface area (Å²) >= 11 is 0. The zero-order valence-corrected chi connectivity index (χ0v) is 14.2. The van der Waals surface area contributed by atoms with E-state index in [2.05, 4.69) is 20.6 Å². The minimum Gasteiger partial charge on any atom is -0.324 e. The monoisotopic (exact) mass is 354 g/mol. The lowest BCUT2D eigenvalue weighted by Crippen LogP contribution is -2.15. The SMILES string of the molecule is Cc1ccc(Nc2nccc(C(=O)Nc3ccc(F)cc3F)n2)c(C)c1. The number of aromatic nitrogens is 2. The lowest BCUT2D eigenvalue weighted by atomic mass is 10.1. The van der Waals surface area contributed by atoms with E-state index >= 15 is 0 Å². The summed E-state index contributed by atoms with van der Waals surface area (Å²) in [6.45, 7) is 3.94. The average molecular weight is 354 g/mol. The first-order chi connectivity index (χ1) is 12.4. The topological polar surface area (TPSA) is 66.9 Å². The third kappa shape index (κ3) is 4.00. The van der Waals surface area contributed by atoms with Crippen molar-refractivity contribution in [2.24, 2.45) is 0 Å². The molecule has 0 aliphatic heterocycles. The fraction of sp³-hybridized carbons (Fsp3) is 0.105. The lowest BCUT2D eigenvalue weighted by Gasteiger charge is -2.10. The zero-order chi connectivity index (χ0) is 18.7. The highest BCUT2D eigenvalue weighted by molar-refractivity contribution is 6.03. The second-order valence-corrected chi connectivity index (χ2v) is 5.79. The standard InChI is InChI=1S/C19H16F2N4O/c1-11-3-5-15(12(2)9-11)24-19-22-8-7-17(25-19)18(26)23-16-6-4-13(20)10-14(16)21/h3-10H,1-2H3,(H,23,26)(H,22,24,25). The second kappa shape index (κ2) is 7.26. The average Bonchev–Trinajstić information content (AvgIpc) is 2.60. The summed E-state index contributed by atoms with van der Waals surface area (Å²) in [5.74, 6) is -1.96. The normalized spacial score (nSPS) is 10.5. The first kappa shape index (κ1) is 17.5. The molecule has 2 N–H and O–H groups in total. The number of carbonyl (C=O) groups is 1. The summed E-state index contributed by atoms with van der Waals surface area (Å²) in [5, 5.41) is 5.42. The van der Waals surface area contributed by atoms with Crippen molar-refractivity contribution in [2.45, 2.75) is 13.8 Å². The van der Waals surface area contributed by atoms with Crippen molar-refractivity contribution in [2.75, 3.05) is 10.6 Å². The molecule has 7 heteroatoms. The van der Waals surface area contributed by atoms with E-state index in [4.69, 9.17) is 0 Å². The lowest BCUT2D eigenvalue weighted by molar-refractivity contribution is 0.102. The van der Waals surface area contributed by atoms with Gasteiger partial charge in [0.2, 0.25) is 5.95 Å². The molecular weight excluding hydrogens is 338 g/mol. The molecule has 0 spiro atoms. The number of rotatable bonds is 4. The fourth-order valence-electron chi connectivity index (χ4n) is 2.40.